The maximum Gasteiger partial charge on any atom is 0.251 e. The number of nitrogens with zero attached hydrogens (tertiary/aromatic N) is 2. The Morgan fingerprint density at radius 1 is 1.30 bits per heavy atom. The van der Waals surface area contributed by atoms with Gasteiger partial charge in [-0.15, -0.1) is 0 Å². The van der Waals surface area contributed by atoms with Crippen LogP contribution in [0.5, 0.6) is 0 Å². The summed E-state index contributed by atoms with van der Waals surface area (Å²) in [6, 6.07) is 1.84. The van der Waals surface area contributed by atoms with Gasteiger partial charge in [-0.3, -0.25) is 4.68 Å². The highest BCUT2D eigenvalue weighted by Crippen LogP contribution is 2.36. The van der Waals surface area contributed by atoms with Gasteiger partial charge in [0.2, 0.25) is 10.0 Å². The maximum atomic E-state index is 13.5. The minimum Gasteiger partial charge on any atom is -0.272 e. The zero-order valence-electron chi connectivity index (χ0n) is 14.6. The van der Waals surface area contributed by atoms with Crippen LogP contribution in [-0.2, 0) is 17.1 Å². The smallest absolute Gasteiger partial charge is 0.251 e. The monoisotopic (exact) mass is 351 g/mol. The van der Waals surface area contributed by atoms with Gasteiger partial charge in [0.25, 0.3) is 5.92 Å². The summed E-state index contributed by atoms with van der Waals surface area (Å²) in [7, 11) is -2.02. The Morgan fingerprint density at radius 2 is 1.87 bits per heavy atom. The summed E-state index contributed by atoms with van der Waals surface area (Å²) in [5.41, 5.74) is -0.735. The molecule has 23 heavy (non-hydrogen) atoms. The van der Waals surface area contributed by atoms with Gasteiger partial charge in [-0.05, 0) is 18.9 Å². The first-order valence-corrected chi connectivity index (χ1v) is 9.25. The van der Waals surface area contributed by atoms with Gasteiger partial charge in [-0.1, -0.05) is 27.7 Å². The maximum absolute atomic E-state index is 13.5. The Morgan fingerprint density at radius 3 is 2.26 bits per heavy atom. The highest BCUT2D eigenvalue weighted by Gasteiger charge is 2.45. The third-order valence-corrected chi connectivity index (χ3v) is 6.01. The molecule has 5 nitrogen and oxygen atoms in total. The fourth-order valence-electron chi connectivity index (χ4n) is 2.30. The SMILES string of the molecule is CC(C)C(CNS(=O)(=O)CC(C)(C)C(C)(F)F)c1ccnn1C. The van der Waals surface area contributed by atoms with Gasteiger partial charge in [0.15, 0.2) is 0 Å². The van der Waals surface area contributed by atoms with Crippen LogP contribution in [0, 0.1) is 11.3 Å². The lowest BCUT2D eigenvalue weighted by molar-refractivity contribution is -0.0768. The Balaban J connectivity index is 2.84. The Hall–Kier alpha value is -1.02. The lowest BCUT2D eigenvalue weighted by Gasteiger charge is -2.31. The van der Waals surface area contributed by atoms with Crippen LogP contribution in [0.3, 0.4) is 0 Å². The predicted octanol–water partition coefficient (Wildman–Crippen LogP) is 2.76. The van der Waals surface area contributed by atoms with Crippen molar-refractivity contribution in [3.05, 3.63) is 18.0 Å². The molecule has 1 heterocycles. The van der Waals surface area contributed by atoms with E-state index in [1.54, 1.807) is 17.9 Å². The van der Waals surface area contributed by atoms with Crippen LogP contribution in [-0.4, -0.2) is 36.4 Å². The third kappa shape index (κ3) is 5.24. The van der Waals surface area contributed by atoms with Gasteiger partial charge in [0.05, 0.1) is 5.75 Å². The van der Waals surface area contributed by atoms with Gasteiger partial charge < -0.3 is 0 Å². The summed E-state index contributed by atoms with van der Waals surface area (Å²) in [5, 5.41) is 4.10. The van der Waals surface area contributed by atoms with E-state index >= 15 is 0 Å². The molecule has 0 radical (unpaired) electrons. The molecule has 1 atom stereocenters. The van der Waals surface area contributed by atoms with E-state index in [1.807, 2.05) is 19.9 Å². The first-order chi connectivity index (χ1) is 10.3. The number of aromatic nitrogens is 2. The molecule has 0 fully saturated rings. The van der Waals surface area contributed by atoms with Crippen LogP contribution in [0.4, 0.5) is 8.78 Å². The van der Waals surface area contributed by atoms with Crippen molar-refractivity contribution in [3.8, 4) is 0 Å². The minimum absolute atomic E-state index is 0.0810. The molecule has 1 unspecified atom stereocenters. The minimum atomic E-state index is -3.81. The topological polar surface area (TPSA) is 64.0 Å². The van der Waals surface area contributed by atoms with Crippen molar-refractivity contribution in [2.75, 3.05) is 12.3 Å². The van der Waals surface area contributed by atoms with E-state index in [0.717, 1.165) is 12.6 Å². The second kappa shape index (κ2) is 6.84. The molecule has 0 bridgehead atoms. The molecule has 1 rings (SSSR count). The molecule has 134 valence electrons. The zero-order valence-corrected chi connectivity index (χ0v) is 15.4. The summed E-state index contributed by atoms with van der Waals surface area (Å²) in [5.74, 6) is -3.61. The van der Waals surface area contributed by atoms with E-state index in [0.29, 0.717) is 0 Å². The van der Waals surface area contributed by atoms with Crippen LogP contribution >= 0.6 is 0 Å². The summed E-state index contributed by atoms with van der Waals surface area (Å²) in [6.45, 7) is 7.38. The number of hydrogen-bond acceptors (Lipinski definition) is 3. The summed E-state index contributed by atoms with van der Waals surface area (Å²) in [6.07, 6.45) is 1.65. The largest absolute Gasteiger partial charge is 0.272 e. The molecule has 0 aromatic carbocycles. The van der Waals surface area contributed by atoms with Crippen molar-refractivity contribution >= 4 is 10.0 Å². The Kier molecular flexibility index (Phi) is 5.96. The van der Waals surface area contributed by atoms with Crippen molar-refractivity contribution < 1.29 is 17.2 Å². The molecule has 0 spiro atoms. The van der Waals surface area contributed by atoms with Crippen LogP contribution in [0.2, 0.25) is 0 Å². The van der Waals surface area contributed by atoms with Crippen molar-refractivity contribution in [1.29, 1.82) is 0 Å². The van der Waals surface area contributed by atoms with Crippen molar-refractivity contribution in [2.45, 2.75) is 46.5 Å². The molecule has 1 aromatic heterocycles. The van der Waals surface area contributed by atoms with Crippen LogP contribution in [0.1, 0.15) is 46.2 Å². The fourth-order valence-corrected chi connectivity index (χ4v) is 4.04. The number of rotatable bonds is 8. The van der Waals surface area contributed by atoms with Gasteiger partial charge >= 0.3 is 0 Å². The highest BCUT2D eigenvalue weighted by molar-refractivity contribution is 7.89. The van der Waals surface area contributed by atoms with Crippen LogP contribution in [0.15, 0.2) is 12.3 Å². The quantitative estimate of drug-likeness (QED) is 0.783. The number of aryl methyl sites for hydroxylation is 1. The normalized spacial score (nSPS) is 15.2. The van der Waals surface area contributed by atoms with E-state index < -0.39 is 27.1 Å². The zero-order chi connectivity index (χ0) is 18.1. The molecule has 0 aliphatic carbocycles. The first-order valence-electron chi connectivity index (χ1n) is 7.60. The molecule has 0 saturated heterocycles. The van der Waals surface area contributed by atoms with Crippen LogP contribution < -0.4 is 4.72 Å². The van der Waals surface area contributed by atoms with Crippen molar-refractivity contribution in [3.63, 3.8) is 0 Å². The van der Waals surface area contributed by atoms with Gasteiger partial charge in [0.1, 0.15) is 0 Å². The van der Waals surface area contributed by atoms with Crippen molar-refractivity contribution in [1.82, 2.24) is 14.5 Å². The predicted molar refractivity (Wildman–Crippen MR) is 87.0 cm³/mol. The Labute approximate surface area is 137 Å². The van der Waals surface area contributed by atoms with E-state index in [1.165, 1.54) is 13.8 Å². The summed E-state index contributed by atoms with van der Waals surface area (Å²) >= 11 is 0. The van der Waals surface area contributed by atoms with E-state index in [2.05, 4.69) is 9.82 Å². The van der Waals surface area contributed by atoms with Crippen molar-refractivity contribution in [2.24, 2.45) is 18.4 Å². The third-order valence-electron chi connectivity index (χ3n) is 4.31. The van der Waals surface area contributed by atoms with Gasteiger partial charge in [0, 0.05) is 36.8 Å². The second-order valence-electron chi connectivity index (χ2n) is 7.11. The molecule has 1 N–H and O–H groups in total. The van der Waals surface area contributed by atoms with E-state index in [-0.39, 0.29) is 18.4 Å². The van der Waals surface area contributed by atoms with Crippen LogP contribution in [0.25, 0.3) is 0 Å². The standard InChI is InChI=1S/C15H27F2N3O2S/c1-11(2)12(13-7-8-18-20(13)6)9-19-23(21,22)10-14(3,4)15(5,16)17/h7-8,11-12,19H,9-10H2,1-6H3. The fraction of sp³-hybridized carbons (Fsp3) is 0.800. The molecule has 0 aliphatic rings. The lowest BCUT2D eigenvalue weighted by Crippen LogP contribution is -2.44. The average molecular weight is 351 g/mol. The van der Waals surface area contributed by atoms with E-state index in [9.17, 15) is 17.2 Å². The van der Waals surface area contributed by atoms with Gasteiger partial charge in [-0.2, -0.15) is 5.10 Å². The number of sulfonamides is 1. The number of hydrogen-bond donors (Lipinski definition) is 1. The second-order valence-corrected chi connectivity index (χ2v) is 8.92. The lowest BCUT2D eigenvalue weighted by atomic mass is 9.89. The number of nitrogens with one attached hydrogen (secondary N) is 1. The molecule has 8 heteroatoms. The number of halogens is 2. The first kappa shape index (κ1) is 20.0. The summed E-state index contributed by atoms with van der Waals surface area (Å²) in [4.78, 5) is 0. The Bertz CT molecular complexity index is 619. The molecule has 0 saturated carbocycles. The molecular formula is C15H27F2N3O2S. The average Bonchev–Trinajstić information content (AvgIpc) is 2.72. The summed E-state index contributed by atoms with van der Waals surface area (Å²) < 4.78 is 55.7. The molecular weight excluding hydrogens is 324 g/mol. The molecule has 0 aliphatic heterocycles. The van der Waals surface area contributed by atoms with E-state index in [4.69, 9.17) is 0 Å². The number of alkyl halides is 2. The highest BCUT2D eigenvalue weighted by atomic mass is 32.2. The van der Waals surface area contributed by atoms with Gasteiger partial charge in [-0.25, -0.2) is 21.9 Å². The molecule has 1 aromatic rings. The molecule has 0 amide bonds.